The highest BCUT2D eigenvalue weighted by Gasteiger charge is 2.30. The van der Waals surface area contributed by atoms with Crippen molar-refractivity contribution in [3.05, 3.63) is 65.2 Å². The molecule has 138 valence electrons. The highest BCUT2D eigenvalue weighted by Crippen LogP contribution is 2.36. The standard InChI is InChI=1S/C20H22N6O/c27-20-4-3-19(16-5-7-21-8-6-16)23-26(20)12-15-10-24(11-15)13-18-9-22-14-25(18)17-1-2-17/h3-9,14-15,17H,1-2,10-13H2. The first-order valence-electron chi connectivity index (χ1n) is 9.48. The molecule has 0 N–H and O–H groups in total. The Hall–Kier alpha value is -2.80. The summed E-state index contributed by atoms with van der Waals surface area (Å²) < 4.78 is 3.92. The molecule has 0 unspecified atom stereocenters. The first-order chi connectivity index (χ1) is 13.3. The van der Waals surface area contributed by atoms with Crippen LogP contribution in [0.1, 0.15) is 24.6 Å². The average Bonchev–Trinajstić information content (AvgIpc) is 3.41. The van der Waals surface area contributed by atoms with Crippen LogP contribution in [0.3, 0.4) is 0 Å². The number of aromatic nitrogens is 5. The Morgan fingerprint density at radius 1 is 1.04 bits per heavy atom. The van der Waals surface area contributed by atoms with E-state index in [0.717, 1.165) is 30.9 Å². The van der Waals surface area contributed by atoms with E-state index < -0.39 is 0 Å². The van der Waals surface area contributed by atoms with Gasteiger partial charge in [0.05, 0.1) is 24.3 Å². The second-order valence-corrected chi connectivity index (χ2v) is 7.56. The Kier molecular flexibility index (Phi) is 4.09. The minimum Gasteiger partial charge on any atom is -0.330 e. The maximum absolute atomic E-state index is 12.2. The van der Waals surface area contributed by atoms with Crippen molar-refractivity contribution in [2.75, 3.05) is 13.1 Å². The van der Waals surface area contributed by atoms with Crippen molar-refractivity contribution < 1.29 is 0 Å². The Morgan fingerprint density at radius 3 is 2.63 bits per heavy atom. The number of imidazole rings is 1. The van der Waals surface area contributed by atoms with E-state index >= 15 is 0 Å². The van der Waals surface area contributed by atoms with Crippen molar-refractivity contribution in [3.8, 4) is 11.3 Å². The minimum atomic E-state index is -0.0435. The van der Waals surface area contributed by atoms with Crippen LogP contribution in [0.4, 0.5) is 0 Å². The Morgan fingerprint density at radius 2 is 1.85 bits per heavy atom. The van der Waals surface area contributed by atoms with E-state index in [1.165, 1.54) is 18.5 Å². The predicted molar refractivity (Wildman–Crippen MR) is 101 cm³/mol. The molecular formula is C20H22N6O. The zero-order valence-corrected chi connectivity index (χ0v) is 15.1. The maximum Gasteiger partial charge on any atom is 0.266 e. The molecule has 3 aromatic heterocycles. The Labute approximate surface area is 157 Å². The summed E-state index contributed by atoms with van der Waals surface area (Å²) in [7, 11) is 0. The molecule has 1 saturated carbocycles. The van der Waals surface area contributed by atoms with Crippen LogP contribution in [0.15, 0.2) is 54.0 Å². The molecule has 5 rings (SSSR count). The maximum atomic E-state index is 12.2. The van der Waals surface area contributed by atoms with Gasteiger partial charge in [0.1, 0.15) is 0 Å². The fraction of sp³-hybridized carbons (Fsp3) is 0.400. The normalized spacial score (nSPS) is 17.8. The molecule has 3 aromatic rings. The molecule has 0 atom stereocenters. The number of hydrogen-bond donors (Lipinski definition) is 0. The van der Waals surface area contributed by atoms with Crippen molar-refractivity contribution in [2.24, 2.45) is 5.92 Å². The number of hydrogen-bond acceptors (Lipinski definition) is 5. The molecule has 27 heavy (non-hydrogen) atoms. The monoisotopic (exact) mass is 362 g/mol. The molecule has 7 nitrogen and oxygen atoms in total. The van der Waals surface area contributed by atoms with Gasteiger partial charge in [0.25, 0.3) is 5.56 Å². The summed E-state index contributed by atoms with van der Waals surface area (Å²) in [6, 6.07) is 7.86. The molecule has 2 aliphatic rings. The topological polar surface area (TPSA) is 68.8 Å². The van der Waals surface area contributed by atoms with Gasteiger partial charge in [-0.15, -0.1) is 0 Å². The number of rotatable bonds is 6. The number of nitrogens with zero attached hydrogens (tertiary/aromatic N) is 6. The molecule has 0 bridgehead atoms. The van der Waals surface area contributed by atoms with Crippen LogP contribution in [-0.2, 0) is 13.1 Å². The first-order valence-corrected chi connectivity index (χ1v) is 9.48. The van der Waals surface area contributed by atoms with Crippen molar-refractivity contribution in [3.63, 3.8) is 0 Å². The molecule has 2 fully saturated rings. The third kappa shape index (κ3) is 3.42. The fourth-order valence-electron chi connectivity index (χ4n) is 3.79. The van der Waals surface area contributed by atoms with E-state index in [1.54, 1.807) is 29.2 Å². The molecule has 1 saturated heterocycles. The summed E-state index contributed by atoms with van der Waals surface area (Å²) in [5.41, 5.74) is 3.04. The lowest BCUT2D eigenvalue weighted by Crippen LogP contribution is -2.49. The van der Waals surface area contributed by atoms with E-state index in [4.69, 9.17) is 0 Å². The van der Waals surface area contributed by atoms with Gasteiger partial charge in [0.15, 0.2) is 0 Å². The SMILES string of the molecule is O=c1ccc(-c2ccncc2)nn1CC1CN(Cc2cncn2C2CC2)C1. The summed E-state index contributed by atoms with van der Waals surface area (Å²) in [5.74, 6) is 0.459. The molecule has 0 amide bonds. The highest BCUT2D eigenvalue weighted by molar-refractivity contribution is 5.56. The second-order valence-electron chi connectivity index (χ2n) is 7.56. The number of likely N-dealkylation sites (tertiary alicyclic amines) is 1. The van der Waals surface area contributed by atoms with E-state index in [-0.39, 0.29) is 5.56 Å². The predicted octanol–water partition coefficient (Wildman–Crippen LogP) is 1.97. The van der Waals surface area contributed by atoms with Gasteiger partial charge in [-0.3, -0.25) is 14.7 Å². The van der Waals surface area contributed by atoms with E-state index in [9.17, 15) is 4.79 Å². The van der Waals surface area contributed by atoms with Gasteiger partial charge >= 0.3 is 0 Å². The van der Waals surface area contributed by atoms with Gasteiger partial charge in [0, 0.05) is 61.8 Å². The van der Waals surface area contributed by atoms with Crippen LogP contribution < -0.4 is 5.56 Å². The summed E-state index contributed by atoms with van der Waals surface area (Å²) in [6.45, 7) is 3.58. The lowest BCUT2D eigenvalue weighted by atomic mass is 10.00. The zero-order valence-electron chi connectivity index (χ0n) is 15.1. The molecule has 0 spiro atoms. The van der Waals surface area contributed by atoms with Crippen LogP contribution in [-0.4, -0.2) is 42.3 Å². The molecule has 1 aliphatic carbocycles. The van der Waals surface area contributed by atoms with Crippen LogP contribution in [0, 0.1) is 5.92 Å². The Balaban J connectivity index is 1.22. The van der Waals surface area contributed by atoms with Crippen LogP contribution >= 0.6 is 0 Å². The fourth-order valence-corrected chi connectivity index (χ4v) is 3.79. The van der Waals surface area contributed by atoms with Crippen molar-refractivity contribution in [2.45, 2.75) is 32.0 Å². The quantitative estimate of drug-likeness (QED) is 0.671. The van der Waals surface area contributed by atoms with E-state index in [1.807, 2.05) is 24.7 Å². The lowest BCUT2D eigenvalue weighted by molar-refractivity contribution is 0.0743. The smallest absolute Gasteiger partial charge is 0.266 e. The third-order valence-electron chi connectivity index (χ3n) is 5.38. The summed E-state index contributed by atoms with van der Waals surface area (Å²) in [4.78, 5) is 23.0. The van der Waals surface area contributed by atoms with Crippen molar-refractivity contribution >= 4 is 0 Å². The van der Waals surface area contributed by atoms with Gasteiger partial charge in [-0.05, 0) is 31.0 Å². The zero-order chi connectivity index (χ0) is 18.2. The summed E-state index contributed by atoms with van der Waals surface area (Å²) >= 11 is 0. The lowest BCUT2D eigenvalue weighted by Gasteiger charge is -2.39. The molecule has 1 aliphatic heterocycles. The number of pyridine rings is 1. The van der Waals surface area contributed by atoms with E-state index in [0.29, 0.717) is 18.5 Å². The highest BCUT2D eigenvalue weighted by atomic mass is 16.1. The summed E-state index contributed by atoms with van der Waals surface area (Å²) in [6.07, 6.45) is 9.96. The molecule has 0 aromatic carbocycles. The van der Waals surface area contributed by atoms with E-state index in [2.05, 4.69) is 24.5 Å². The third-order valence-corrected chi connectivity index (χ3v) is 5.38. The van der Waals surface area contributed by atoms with Crippen LogP contribution in [0.2, 0.25) is 0 Å². The average molecular weight is 362 g/mol. The van der Waals surface area contributed by atoms with Crippen LogP contribution in [0.5, 0.6) is 0 Å². The minimum absolute atomic E-state index is 0.0435. The van der Waals surface area contributed by atoms with Gasteiger partial charge in [0.2, 0.25) is 0 Å². The molecule has 0 radical (unpaired) electrons. The molecule has 4 heterocycles. The second kappa shape index (κ2) is 6.74. The van der Waals surface area contributed by atoms with Crippen molar-refractivity contribution in [1.82, 2.24) is 29.2 Å². The molecule has 7 heteroatoms. The van der Waals surface area contributed by atoms with Gasteiger partial charge < -0.3 is 4.57 Å². The van der Waals surface area contributed by atoms with Gasteiger partial charge in [-0.1, -0.05) is 0 Å². The van der Waals surface area contributed by atoms with Gasteiger partial charge in [-0.25, -0.2) is 9.67 Å². The first kappa shape index (κ1) is 16.4. The van der Waals surface area contributed by atoms with Crippen molar-refractivity contribution in [1.29, 1.82) is 0 Å². The molecular weight excluding hydrogens is 340 g/mol. The van der Waals surface area contributed by atoms with Crippen LogP contribution in [0.25, 0.3) is 11.3 Å². The Bertz CT molecular complexity index is 985. The van der Waals surface area contributed by atoms with Gasteiger partial charge in [-0.2, -0.15) is 5.10 Å². The largest absolute Gasteiger partial charge is 0.330 e. The summed E-state index contributed by atoms with van der Waals surface area (Å²) in [5, 5.41) is 4.55.